The second-order valence-corrected chi connectivity index (χ2v) is 6.15. The van der Waals surface area contributed by atoms with Gasteiger partial charge in [-0.25, -0.2) is 0 Å². The zero-order valence-corrected chi connectivity index (χ0v) is 14.6. The zero-order chi connectivity index (χ0) is 17.9. The number of carbonyl (C=O) groups is 2. The number of nitrogens with zero attached hydrogens (tertiary/aromatic N) is 2. The van der Waals surface area contributed by atoms with E-state index in [1.807, 2.05) is 31.1 Å². The summed E-state index contributed by atoms with van der Waals surface area (Å²) in [6.45, 7) is 2.66. The fourth-order valence-electron chi connectivity index (χ4n) is 2.93. The number of hydrogen-bond donors (Lipinski definition) is 1. The molecule has 0 fully saturated rings. The van der Waals surface area contributed by atoms with Crippen LogP contribution in [0.1, 0.15) is 24.9 Å². The summed E-state index contributed by atoms with van der Waals surface area (Å²) in [6.07, 6.45) is 0.754. The number of aliphatic hydroxyl groups is 1. The quantitative estimate of drug-likeness (QED) is 0.826. The Morgan fingerprint density at radius 3 is 2.42 bits per heavy atom. The normalized spacial score (nSPS) is 17.8. The van der Waals surface area contributed by atoms with Crippen LogP contribution in [0.15, 0.2) is 35.6 Å². The van der Waals surface area contributed by atoms with Crippen molar-refractivity contribution in [2.24, 2.45) is 0 Å². The van der Waals surface area contributed by atoms with Gasteiger partial charge in [0.2, 0.25) is 0 Å². The van der Waals surface area contributed by atoms with E-state index in [1.54, 1.807) is 24.1 Å². The maximum atomic E-state index is 12.4. The molecule has 0 radical (unpaired) electrons. The van der Waals surface area contributed by atoms with E-state index in [4.69, 9.17) is 4.74 Å². The molecule has 0 saturated carbocycles. The van der Waals surface area contributed by atoms with Crippen LogP contribution in [0.25, 0.3) is 0 Å². The van der Waals surface area contributed by atoms with E-state index in [0.29, 0.717) is 12.3 Å². The molecule has 24 heavy (non-hydrogen) atoms. The van der Waals surface area contributed by atoms with Crippen molar-refractivity contribution in [3.05, 3.63) is 41.2 Å². The third-order valence-electron chi connectivity index (χ3n) is 4.12. The summed E-state index contributed by atoms with van der Waals surface area (Å²) in [7, 11) is 5.50. The summed E-state index contributed by atoms with van der Waals surface area (Å²) in [6, 6.07) is 6.65. The molecule has 0 aromatic heterocycles. The largest absolute Gasteiger partial charge is 0.503 e. The van der Waals surface area contributed by atoms with E-state index in [9.17, 15) is 14.7 Å². The van der Waals surface area contributed by atoms with E-state index in [-0.39, 0.29) is 11.4 Å². The first-order valence-corrected chi connectivity index (χ1v) is 7.90. The molecule has 6 nitrogen and oxygen atoms in total. The molecular formula is C18H24N2O4. The van der Waals surface area contributed by atoms with Gasteiger partial charge in [0.1, 0.15) is 5.75 Å². The van der Waals surface area contributed by atoms with E-state index >= 15 is 0 Å². The lowest BCUT2D eigenvalue weighted by Crippen LogP contribution is -2.33. The van der Waals surface area contributed by atoms with Gasteiger partial charge in [-0.3, -0.25) is 9.59 Å². The first kappa shape index (κ1) is 18.0. The highest BCUT2D eigenvalue weighted by Crippen LogP contribution is 2.38. The van der Waals surface area contributed by atoms with Crippen LogP contribution >= 0.6 is 0 Å². The predicted molar refractivity (Wildman–Crippen MR) is 91.0 cm³/mol. The number of carbonyl (C=O) groups excluding carboxylic acids is 2. The molecule has 0 saturated heterocycles. The molecule has 2 rings (SSSR count). The smallest absolute Gasteiger partial charge is 0.290 e. The fraction of sp³-hybridized carbons (Fsp3) is 0.444. The Kier molecular flexibility index (Phi) is 5.62. The second-order valence-electron chi connectivity index (χ2n) is 6.15. The number of Topliss-reactive ketones (excluding diaryl/α,β-unsaturated/α-hetero) is 1. The van der Waals surface area contributed by atoms with Crippen molar-refractivity contribution < 1.29 is 19.4 Å². The van der Waals surface area contributed by atoms with E-state index in [2.05, 4.69) is 0 Å². The molecule has 1 aliphatic rings. The molecule has 1 heterocycles. The standard InChI is InChI=1S/C18H24N2O4/c1-12(21)15-16(13-6-8-14(24-4)9-7-13)20(18(23)17(15)22)11-5-10-19(2)3/h6-9,16,22H,5,10-11H2,1-4H3/t16-/m1/s1. The zero-order valence-electron chi connectivity index (χ0n) is 14.6. The topological polar surface area (TPSA) is 70.1 Å². The summed E-state index contributed by atoms with van der Waals surface area (Å²) in [4.78, 5) is 28.0. The van der Waals surface area contributed by atoms with Gasteiger partial charge in [0, 0.05) is 6.54 Å². The van der Waals surface area contributed by atoms with Crippen LogP contribution in [-0.4, -0.2) is 60.9 Å². The molecule has 0 spiro atoms. The van der Waals surface area contributed by atoms with Gasteiger partial charge in [0.15, 0.2) is 11.5 Å². The Bertz CT molecular complexity index is 649. The van der Waals surface area contributed by atoms with Crippen molar-refractivity contribution in [3.8, 4) is 5.75 Å². The molecule has 1 atom stereocenters. The molecule has 1 aromatic rings. The molecule has 0 unspecified atom stereocenters. The summed E-state index contributed by atoms with van der Waals surface area (Å²) >= 11 is 0. The first-order valence-electron chi connectivity index (χ1n) is 7.90. The van der Waals surface area contributed by atoms with Crippen molar-refractivity contribution in [1.82, 2.24) is 9.80 Å². The molecule has 1 aliphatic heterocycles. The first-order chi connectivity index (χ1) is 11.4. The summed E-state index contributed by atoms with van der Waals surface area (Å²) in [5.74, 6) is -0.524. The Morgan fingerprint density at radius 2 is 1.92 bits per heavy atom. The minimum absolute atomic E-state index is 0.162. The minimum atomic E-state index is -0.553. The van der Waals surface area contributed by atoms with Crippen molar-refractivity contribution in [2.75, 3.05) is 34.3 Å². The van der Waals surface area contributed by atoms with Crippen molar-refractivity contribution in [2.45, 2.75) is 19.4 Å². The molecular weight excluding hydrogens is 308 g/mol. The summed E-state index contributed by atoms with van der Waals surface area (Å²) in [5.41, 5.74) is 0.943. The van der Waals surface area contributed by atoms with Crippen LogP contribution in [0.2, 0.25) is 0 Å². The number of aliphatic hydroxyl groups excluding tert-OH is 1. The molecule has 1 amide bonds. The van der Waals surface area contributed by atoms with Crippen molar-refractivity contribution >= 4 is 11.7 Å². The number of amides is 1. The van der Waals surface area contributed by atoms with Crippen LogP contribution in [0.4, 0.5) is 0 Å². The number of benzene rings is 1. The fourth-order valence-corrected chi connectivity index (χ4v) is 2.93. The Labute approximate surface area is 142 Å². The molecule has 0 bridgehead atoms. The Morgan fingerprint density at radius 1 is 1.29 bits per heavy atom. The second kappa shape index (κ2) is 7.49. The van der Waals surface area contributed by atoms with Crippen LogP contribution in [-0.2, 0) is 9.59 Å². The van der Waals surface area contributed by atoms with Crippen molar-refractivity contribution in [3.63, 3.8) is 0 Å². The SMILES string of the molecule is COc1ccc([C@@H]2C(C(C)=O)=C(O)C(=O)N2CCCN(C)C)cc1. The van der Waals surface area contributed by atoms with Gasteiger partial charge in [-0.15, -0.1) is 0 Å². The average molecular weight is 332 g/mol. The number of rotatable bonds is 7. The lowest BCUT2D eigenvalue weighted by Gasteiger charge is -2.27. The number of hydrogen-bond acceptors (Lipinski definition) is 5. The van der Waals surface area contributed by atoms with Gasteiger partial charge in [0.25, 0.3) is 5.91 Å². The van der Waals surface area contributed by atoms with Gasteiger partial charge in [-0.05, 0) is 51.7 Å². The Hall–Kier alpha value is -2.34. The summed E-state index contributed by atoms with van der Waals surface area (Å²) in [5, 5.41) is 10.2. The lowest BCUT2D eigenvalue weighted by molar-refractivity contribution is -0.129. The molecule has 6 heteroatoms. The maximum Gasteiger partial charge on any atom is 0.290 e. The monoisotopic (exact) mass is 332 g/mol. The Balaban J connectivity index is 2.34. The number of ketones is 1. The molecule has 1 aromatic carbocycles. The minimum Gasteiger partial charge on any atom is -0.503 e. The number of methoxy groups -OCH3 is 1. The van der Waals surface area contributed by atoms with E-state index in [0.717, 1.165) is 18.5 Å². The van der Waals surface area contributed by atoms with Gasteiger partial charge in [-0.2, -0.15) is 0 Å². The third kappa shape index (κ3) is 3.59. The molecule has 0 aliphatic carbocycles. The highest BCUT2D eigenvalue weighted by atomic mass is 16.5. The average Bonchev–Trinajstić information content (AvgIpc) is 2.79. The van der Waals surface area contributed by atoms with Gasteiger partial charge >= 0.3 is 0 Å². The van der Waals surface area contributed by atoms with E-state index < -0.39 is 17.7 Å². The van der Waals surface area contributed by atoms with Crippen molar-refractivity contribution in [1.29, 1.82) is 0 Å². The molecule has 130 valence electrons. The molecule has 1 N–H and O–H groups in total. The number of ether oxygens (including phenoxy) is 1. The maximum absolute atomic E-state index is 12.4. The van der Waals surface area contributed by atoms with Gasteiger partial charge in [-0.1, -0.05) is 12.1 Å². The van der Waals surface area contributed by atoms with Gasteiger partial charge < -0.3 is 19.6 Å². The highest BCUT2D eigenvalue weighted by Gasteiger charge is 2.41. The van der Waals surface area contributed by atoms with Crippen LogP contribution in [0, 0.1) is 0 Å². The highest BCUT2D eigenvalue weighted by molar-refractivity contribution is 6.08. The van der Waals surface area contributed by atoms with Crippen LogP contribution in [0.3, 0.4) is 0 Å². The van der Waals surface area contributed by atoms with Crippen LogP contribution in [0.5, 0.6) is 5.75 Å². The predicted octanol–water partition coefficient (Wildman–Crippen LogP) is 1.93. The lowest BCUT2D eigenvalue weighted by atomic mass is 9.96. The van der Waals surface area contributed by atoms with Gasteiger partial charge in [0.05, 0.1) is 18.7 Å². The summed E-state index contributed by atoms with van der Waals surface area (Å²) < 4.78 is 5.15. The van der Waals surface area contributed by atoms with Crippen LogP contribution < -0.4 is 4.74 Å². The van der Waals surface area contributed by atoms with E-state index in [1.165, 1.54) is 6.92 Å². The third-order valence-corrected chi connectivity index (χ3v) is 4.12.